The quantitative estimate of drug-likeness (QED) is 0.699. The van der Waals surface area contributed by atoms with E-state index < -0.39 is 0 Å². The predicted octanol–water partition coefficient (Wildman–Crippen LogP) is -0.288. The number of nitrogens with zero attached hydrogens (tertiary/aromatic N) is 1. The topological polar surface area (TPSA) is 86.3 Å². The Bertz CT molecular complexity index is 442. The highest BCUT2D eigenvalue weighted by Gasteiger charge is 2.05. The molecule has 18 heavy (non-hydrogen) atoms. The summed E-state index contributed by atoms with van der Waals surface area (Å²) in [4.78, 5) is 23.3. The van der Waals surface area contributed by atoms with Crippen molar-refractivity contribution in [2.45, 2.75) is 19.9 Å². The smallest absolute Gasteiger partial charge is 0.292 e. The van der Waals surface area contributed by atoms with E-state index in [1.54, 1.807) is 18.3 Å². The molecule has 0 bridgehead atoms. The van der Waals surface area contributed by atoms with Crippen LogP contribution in [-0.4, -0.2) is 30.2 Å². The Hall–Kier alpha value is -1.82. The fourth-order valence-corrected chi connectivity index (χ4v) is 1.48. The number of aryl methyl sites for hydroxylation is 1. The van der Waals surface area contributed by atoms with Crippen molar-refractivity contribution in [3.05, 3.63) is 28.7 Å². The summed E-state index contributed by atoms with van der Waals surface area (Å²) in [6.45, 7) is 3.45. The first-order chi connectivity index (χ1) is 8.69. The summed E-state index contributed by atoms with van der Waals surface area (Å²) in [5.41, 5.74) is 5.06. The molecule has 0 atom stereocenters. The fraction of sp³-hybridized carbons (Fsp3) is 0.500. The number of ether oxygens (including phenoxy) is 1. The molecule has 1 aromatic rings. The molecule has 1 aromatic heterocycles. The average molecular weight is 253 g/mol. The fourth-order valence-electron chi connectivity index (χ4n) is 1.48. The van der Waals surface area contributed by atoms with Crippen molar-refractivity contribution in [3.8, 4) is 5.75 Å². The van der Waals surface area contributed by atoms with Crippen LogP contribution >= 0.6 is 0 Å². The van der Waals surface area contributed by atoms with E-state index in [4.69, 9.17) is 10.5 Å². The van der Waals surface area contributed by atoms with Crippen LogP contribution in [0, 0.1) is 0 Å². The number of nitrogens with two attached hydrogens (primary N) is 1. The number of amides is 1. The van der Waals surface area contributed by atoms with Crippen molar-refractivity contribution >= 4 is 5.91 Å². The van der Waals surface area contributed by atoms with E-state index in [0.29, 0.717) is 32.0 Å². The lowest BCUT2D eigenvalue weighted by molar-refractivity contribution is -0.121. The summed E-state index contributed by atoms with van der Waals surface area (Å²) >= 11 is 0. The van der Waals surface area contributed by atoms with Crippen molar-refractivity contribution in [2.24, 2.45) is 5.73 Å². The summed E-state index contributed by atoms with van der Waals surface area (Å²) in [7, 11) is 0. The van der Waals surface area contributed by atoms with E-state index >= 15 is 0 Å². The molecule has 0 saturated carbocycles. The summed E-state index contributed by atoms with van der Waals surface area (Å²) in [6.07, 6.45) is 1.89. The molecule has 1 amide bonds. The zero-order valence-electron chi connectivity index (χ0n) is 10.5. The molecule has 1 rings (SSSR count). The van der Waals surface area contributed by atoms with Crippen LogP contribution in [0.3, 0.4) is 0 Å². The molecule has 0 spiro atoms. The van der Waals surface area contributed by atoms with Crippen LogP contribution < -0.4 is 21.3 Å². The third kappa shape index (κ3) is 4.21. The Balaban J connectivity index is 2.59. The Morgan fingerprint density at radius 1 is 1.56 bits per heavy atom. The average Bonchev–Trinajstić information content (AvgIpc) is 2.37. The van der Waals surface area contributed by atoms with Crippen LogP contribution in [0.15, 0.2) is 23.1 Å². The maximum atomic E-state index is 11.9. The monoisotopic (exact) mass is 253 g/mol. The molecule has 0 aromatic carbocycles. The molecule has 0 aliphatic heterocycles. The van der Waals surface area contributed by atoms with E-state index in [2.05, 4.69) is 5.32 Å². The predicted molar refractivity (Wildman–Crippen MR) is 68.6 cm³/mol. The number of carbonyl (C=O) groups excluding carboxylic acids is 1. The van der Waals surface area contributed by atoms with Crippen LogP contribution in [0.2, 0.25) is 0 Å². The van der Waals surface area contributed by atoms with Crippen LogP contribution in [0.5, 0.6) is 5.75 Å². The van der Waals surface area contributed by atoms with Gasteiger partial charge in [-0.3, -0.25) is 9.59 Å². The number of hydrogen-bond acceptors (Lipinski definition) is 4. The van der Waals surface area contributed by atoms with Gasteiger partial charge in [0.2, 0.25) is 5.91 Å². The molecular formula is C12H19N3O3. The van der Waals surface area contributed by atoms with Crippen LogP contribution in [0.4, 0.5) is 0 Å². The Kier molecular flexibility index (Phi) is 5.93. The lowest BCUT2D eigenvalue weighted by Gasteiger charge is -2.08. The van der Waals surface area contributed by atoms with Gasteiger partial charge in [-0.2, -0.15) is 0 Å². The molecule has 0 unspecified atom stereocenters. The Morgan fingerprint density at radius 2 is 2.33 bits per heavy atom. The molecule has 6 nitrogen and oxygen atoms in total. The highest BCUT2D eigenvalue weighted by atomic mass is 16.5. The SMILES string of the molecule is CCOc1cccn(CCC(=O)NCCN)c1=O. The first-order valence-electron chi connectivity index (χ1n) is 5.98. The number of nitrogens with one attached hydrogen (secondary N) is 1. The lowest BCUT2D eigenvalue weighted by atomic mass is 10.3. The van der Waals surface area contributed by atoms with Gasteiger partial charge in [-0.25, -0.2) is 0 Å². The summed E-state index contributed by atoms with van der Waals surface area (Å²) in [5.74, 6) is 0.191. The molecule has 0 aliphatic rings. The molecule has 0 fully saturated rings. The standard InChI is InChI=1S/C12H19N3O3/c1-2-18-10-4-3-8-15(12(10)17)9-5-11(16)14-7-6-13/h3-4,8H,2,5-7,9,13H2,1H3,(H,14,16). The van der Waals surface area contributed by atoms with Crippen molar-refractivity contribution < 1.29 is 9.53 Å². The minimum atomic E-state index is -0.217. The van der Waals surface area contributed by atoms with E-state index in [0.717, 1.165) is 0 Å². The summed E-state index contributed by atoms with van der Waals surface area (Å²) in [6, 6.07) is 3.35. The molecular weight excluding hydrogens is 234 g/mol. The van der Waals surface area contributed by atoms with Gasteiger partial charge in [0.15, 0.2) is 5.75 Å². The first kappa shape index (κ1) is 14.2. The molecule has 6 heteroatoms. The van der Waals surface area contributed by atoms with Crippen LogP contribution in [0.25, 0.3) is 0 Å². The molecule has 0 saturated heterocycles. The van der Waals surface area contributed by atoms with Crippen molar-refractivity contribution in [2.75, 3.05) is 19.7 Å². The zero-order valence-corrected chi connectivity index (χ0v) is 10.5. The Labute approximate surface area is 106 Å². The lowest BCUT2D eigenvalue weighted by Crippen LogP contribution is -2.31. The maximum absolute atomic E-state index is 11.9. The molecule has 3 N–H and O–H groups in total. The maximum Gasteiger partial charge on any atom is 0.292 e. The van der Waals surface area contributed by atoms with Crippen LogP contribution in [-0.2, 0) is 11.3 Å². The van der Waals surface area contributed by atoms with E-state index in [-0.39, 0.29) is 17.9 Å². The molecule has 1 heterocycles. The van der Waals surface area contributed by atoms with Crippen molar-refractivity contribution in [1.29, 1.82) is 0 Å². The number of carbonyl (C=O) groups is 1. The van der Waals surface area contributed by atoms with Gasteiger partial charge in [-0.15, -0.1) is 0 Å². The van der Waals surface area contributed by atoms with E-state index in [9.17, 15) is 9.59 Å². The number of aromatic nitrogens is 1. The van der Waals surface area contributed by atoms with E-state index in [1.165, 1.54) is 4.57 Å². The third-order valence-corrected chi connectivity index (χ3v) is 2.33. The van der Waals surface area contributed by atoms with Crippen molar-refractivity contribution in [3.63, 3.8) is 0 Å². The molecule has 0 radical (unpaired) electrons. The third-order valence-electron chi connectivity index (χ3n) is 2.33. The van der Waals surface area contributed by atoms with Gasteiger partial charge in [0.25, 0.3) is 5.56 Å². The largest absolute Gasteiger partial charge is 0.488 e. The van der Waals surface area contributed by atoms with Crippen LogP contribution in [0.1, 0.15) is 13.3 Å². The summed E-state index contributed by atoms with van der Waals surface area (Å²) < 4.78 is 6.66. The van der Waals surface area contributed by atoms with Crippen molar-refractivity contribution in [1.82, 2.24) is 9.88 Å². The van der Waals surface area contributed by atoms with E-state index in [1.807, 2.05) is 6.92 Å². The minimum Gasteiger partial charge on any atom is -0.488 e. The highest BCUT2D eigenvalue weighted by Crippen LogP contribution is 2.02. The van der Waals surface area contributed by atoms with Gasteiger partial charge in [-0.1, -0.05) is 0 Å². The zero-order chi connectivity index (χ0) is 13.4. The van der Waals surface area contributed by atoms with Gasteiger partial charge in [0.1, 0.15) is 0 Å². The minimum absolute atomic E-state index is 0.117. The van der Waals surface area contributed by atoms with Gasteiger partial charge in [0, 0.05) is 32.3 Å². The summed E-state index contributed by atoms with van der Waals surface area (Å²) in [5, 5.41) is 2.65. The molecule has 100 valence electrons. The second kappa shape index (κ2) is 7.50. The van der Waals surface area contributed by atoms with Gasteiger partial charge >= 0.3 is 0 Å². The van der Waals surface area contributed by atoms with Gasteiger partial charge in [-0.05, 0) is 19.1 Å². The number of pyridine rings is 1. The number of hydrogen-bond donors (Lipinski definition) is 2. The second-order valence-electron chi connectivity index (χ2n) is 3.69. The van der Waals surface area contributed by atoms with Gasteiger partial charge < -0.3 is 20.4 Å². The molecule has 0 aliphatic carbocycles. The second-order valence-corrected chi connectivity index (χ2v) is 3.69. The first-order valence-corrected chi connectivity index (χ1v) is 5.98. The number of rotatable bonds is 7. The Morgan fingerprint density at radius 3 is 3.00 bits per heavy atom. The normalized spacial score (nSPS) is 10.1. The highest BCUT2D eigenvalue weighted by molar-refractivity contribution is 5.75. The van der Waals surface area contributed by atoms with Gasteiger partial charge in [0.05, 0.1) is 6.61 Å².